The normalized spacial score (nSPS) is 11.7. The van der Waals surface area contributed by atoms with E-state index in [0.29, 0.717) is 11.3 Å². The molecule has 0 spiro atoms. The van der Waals surface area contributed by atoms with Gasteiger partial charge < -0.3 is 5.73 Å². The molecular formula is C12H13F2N3. The lowest BCUT2D eigenvalue weighted by atomic mass is 10.0. The van der Waals surface area contributed by atoms with E-state index in [9.17, 15) is 8.78 Å². The van der Waals surface area contributed by atoms with Crippen molar-refractivity contribution in [2.45, 2.75) is 12.3 Å². The fraction of sp³-hybridized carbons (Fsp3) is 0.250. The molecule has 3 nitrogen and oxygen atoms in total. The van der Waals surface area contributed by atoms with Crippen molar-refractivity contribution < 1.29 is 8.78 Å². The maximum absolute atomic E-state index is 13.8. The summed E-state index contributed by atoms with van der Waals surface area (Å²) in [4.78, 5) is 0. The predicted octanol–water partition coefficient (Wildman–Crippen LogP) is 2.52. The maximum atomic E-state index is 13.8. The molecule has 17 heavy (non-hydrogen) atoms. The zero-order chi connectivity index (χ0) is 12.3. The second-order valence-corrected chi connectivity index (χ2v) is 3.77. The van der Waals surface area contributed by atoms with Crippen LogP contribution in [0.2, 0.25) is 0 Å². The van der Waals surface area contributed by atoms with E-state index >= 15 is 0 Å². The van der Waals surface area contributed by atoms with Gasteiger partial charge >= 0.3 is 0 Å². The molecule has 0 unspecified atom stereocenters. The van der Waals surface area contributed by atoms with E-state index in [0.717, 1.165) is 6.20 Å². The lowest BCUT2D eigenvalue weighted by molar-refractivity contribution is -0.0100. The van der Waals surface area contributed by atoms with Crippen LogP contribution in [0, 0.1) is 0 Å². The second kappa shape index (κ2) is 4.63. The standard InChI is InChI=1S/C12H13F2N3/c13-12(14,6-7-15)10-8-16-17-11(10)9-4-2-1-3-5-9/h1-5,8H,6-7,15H2,(H,16,17). The maximum Gasteiger partial charge on any atom is 0.278 e. The lowest BCUT2D eigenvalue weighted by Crippen LogP contribution is -2.18. The molecule has 2 aromatic rings. The Bertz CT molecular complexity index is 480. The number of alkyl halides is 2. The number of aromatic nitrogens is 2. The number of aromatic amines is 1. The molecule has 0 bridgehead atoms. The van der Waals surface area contributed by atoms with Crippen LogP contribution in [0.3, 0.4) is 0 Å². The molecule has 0 aliphatic rings. The van der Waals surface area contributed by atoms with E-state index in [1.807, 2.05) is 6.07 Å². The zero-order valence-electron chi connectivity index (χ0n) is 9.16. The van der Waals surface area contributed by atoms with Crippen LogP contribution in [-0.2, 0) is 5.92 Å². The van der Waals surface area contributed by atoms with Crippen molar-refractivity contribution in [3.05, 3.63) is 42.1 Å². The SMILES string of the molecule is NCCC(F)(F)c1cn[nH]c1-c1ccccc1. The highest BCUT2D eigenvalue weighted by Gasteiger charge is 2.34. The van der Waals surface area contributed by atoms with E-state index < -0.39 is 5.92 Å². The van der Waals surface area contributed by atoms with E-state index in [4.69, 9.17) is 5.73 Å². The molecule has 0 aliphatic heterocycles. The summed E-state index contributed by atoms with van der Waals surface area (Å²) in [5, 5.41) is 6.32. The number of H-pyrrole nitrogens is 1. The summed E-state index contributed by atoms with van der Waals surface area (Å²) < 4.78 is 27.6. The first-order valence-corrected chi connectivity index (χ1v) is 5.32. The van der Waals surface area contributed by atoms with Gasteiger partial charge in [0, 0.05) is 12.0 Å². The first kappa shape index (κ1) is 11.7. The molecule has 0 saturated carbocycles. The van der Waals surface area contributed by atoms with Crippen molar-refractivity contribution >= 4 is 0 Å². The highest BCUT2D eigenvalue weighted by molar-refractivity contribution is 5.63. The van der Waals surface area contributed by atoms with Gasteiger partial charge in [0.15, 0.2) is 0 Å². The van der Waals surface area contributed by atoms with Crippen molar-refractivity contribution in [3.63, 3.8) is 0 Å². The quantitative estimate of drug-likeness (QED) is 0.858. The summed E-state index contributed by atoms with van der Waals surface area (Å²) in [5.41, 5.74) is 6.14. The second-order valence-electron chi connectivity index (χ2n) is 3.77. The fourth-order valence-corrected chi connectivity index (χ4v) is 1.70. The van der Waals surface area contributed by atoms with Gasteiger partial charge in [0.1, 0.15) is 0 Å². The monoisotopic (exact) mass is 237 g/mol. The minimum atomic E-state index is -2.95. The molecule has 0 amide bonds. The Kier molecular flexibility index (Phi) is 3.19. The van der Waals surface area contributed by atoms with Crippen LogP contribution in [0.25, 0.3) is 11.3 Å². The smallest absolute Gasteiger partial charge is 0.278 e. The average Bonchev–Trinajstić information content (AvgIpc) is 2.79. The van der Waals surface area contributed by atoms with E-state index in [-0.39, 0.29) is 18.5 Å². The summed E-state index contributed by atoms with van der Waals surface area (Å²) in [6, 6.07) is 8.94. The molecule has 2 rings (SSSR count). The topological polar surface area (TPSA) is 54.7 Å². The zero-order valence-corrected chi connectivity index (χ0v) is 9.16. The Hall–Kier alpha value is -1.75. The number of hydrogen-bond acceptors (Lipinski definition) is 2. The van der Waals surface area contributed by atoms with Crippen molar-refractivity contribution in [2.75, 3.05) is 6.54 Å². The Morgan fingerprint density at radius 3 is 2.59 bits per heavy atom. The Morgan fingerprint density at radius 2 is 1.94 bits per heavy atom. The van der Waals surface area contributed by atoms with Gasteiger partial charge in [-0.1, -0.05) is 30.3 Å². The first-order chi connectivity index (χ1) is 8.15. The predicted molar refractivity (Wildman–Crippen MR) is 61.6 cm³/mol. The van der Waals surface area contributed by atoms with Gasteiger partial charge in [0.05, 0.1) is 17.5 Å². The number of rotatable bonds is 4. The molecule has 3 N–H and O–H groups in total. The van der Waals surface area contributed by atoms with Crippen LogP contribution in [0.15, 0.2) is 36.5 Å². The van der Waals surface area contributed by atoms with Gasteiger partial charge in [-0.15, -0.1) is 0 Å². The number of nitrogens with two attached hydrogens (primary N) is 1. The van der Waals surface area contributed by atoms with Crippen LogP contribution in [0.4, 0.5) is 8.78 Å². The minimum absolute atomic E-state index is 0.0631. The van der Waals surface area contributed by atoms with Crippen LogP contribution in [0.1, 0.15) is 12.0 Å². The molecule has 1 heterocycles. The highest BCUT2D eigenvalue weighted by Crippen LogP contribution is 2.36. The number of nitrogens with zero attached hydrogens (tertiary/aromatic N) is 1. The number of nitrogens with one attached hydrogen (secondary N) is 1. The summed E-state index contributed by atoms with van der Waals surface area (Å²) in [6.45, 7) is -0.0631. The van der Waals surface area contributed by atoms with Crippen molar-refractivity contribution in [3.8, 4) is 11.3 Å². The van der Waals surface area contributed by atoms with Crippen LogP contribution in [-0.4, -0.2) is 16.7 Å². The summed E-state index contributed by atoms with van der Waals surface area (Å²) in [5.74, 6) is -2.95. The van der Waals surface area contributed by atoms with Gasteiger partial charge in [-0.25, -0.2) is 8.78 Å². The minimum Gasteiger partial charge on any atom is -0.330 e. The molecule has 1 aromatic heterocycles. The van der Waals surface area contributed by atoms with Gasteiger partial charge in [0.2, 0.25) is 0 Å². The van der Waals surface area contributed by atoms with Gasteiger partial charge in [0.25, 0.3) is 5.92 Å². The van der Waals surface area contributed by atoms with Gasteiger partial charge in [-0.3, -0.25) is 5.10 Å². The third kappa shape index (κ3) is 2.34. The third-order valence-electron chi connectivity index (χ3n) is 2.55. The lowest BCUT2D eigenvalue weighted by Gasteiger charge is -2.15. The summed E-state index contributed by atoms with van der Waals surface area (Å²) in [7, 11) is 0. The molecule has 0 aliphatic carbocycles. The molecule has 0 atom stereocenters. The van der Waals surface area contributed by atoms with Crippen LogP contribution in [0.5, 0.6) is 0 Å². The number of benzene rings is 1. The largest absolute Gasteiger partial charge is 0.330 e. The van der Waals surface area contributed by atoms with Crippen LogP contribution >= 0.6 is 0 Å². The van der Waals surface area contributed by atoms with Gasteiger partial charge in [-0.2, -0.15) is 5.10 Å². The molecule has 0 fully saturated rings. The Labute approximate surface area is 97.7 Å². The summed E-state index contributed by atoms with van der Waals surface area (Å²) >= 11 is 0. The van der Waals surface area contributed by atoms with Crippen molar-refractivity contribution in [1.82, 2.24) is 10.2 Å². The Balaban J connectivity index is 2.42. The first-order valence-electron chi connectivity index (χ1n) is 5.32. The van der Waals surface area contributed by atoms with Crippen molar-refractivity contribution in [2.24, 2.45) is 5.73 Å². The number of halogens is 2. The third-order valence-corrected chi connectivity index (χ3v) is 2.55. The molecule has 90 valence electrons. The Morgan fingerprint density at radius 1 is 1.24 bits per heavy atom. The van der Waals surface area contributed by atoms with E-state index in [2.05, 4.69) is 10.2 Å². The summed E-state index contributed by atoms with van der Waals surface area (Å²) in [6.07, 6.45) is 0.782. The molecular weight excluding hydrogens is 224 g/mol. The number of hydrogen-bond donors (Lipinski definition) is 2. The highest BCUT2D eigenvalue weighted by atomic mass is 19.3. The van der Waals surface area contributed by atoms with E-state index in [1.54, 1.807) is 24.3 Å². The molecule has 5 heteroatoms. The van der Waals surface area contributed by atoms with Crippen molar-refractivity contribution in [1.29, 1.82) is 0 Å². The van der Waals surface area contributed by atoms with E-state index in [1.165, 1.54) is 0 Å². The molecule has 1 aromatic carbocycles. The average molecular weight is 237 g/mol. The van der Waals surface area contributed by atoms with Gasteiger partial charge in [-0.05, 0) is 6.54 Å². The fourth-order valence-electron chi connectivity index (χ4n) is 1.70. The van der Waals surface area contributed by atoms with Crippen LogP contribution < -0.4 is 5.73 Å². The molecule has 0 radical (unpaired) electrons. The molecule has 0 saturated heterocycles.